The second-order valence-electron chi connectivity index (χ2n) is 5.11. The molecule has 0 aliphatic heterocycles. The van der Waals surface area contributed by atoms with Gasteiger partial charge >= 0.3 is 0 Å². The SMILES string of the molecule is CCc1nn(C)cc1-c1cnc(CCNC2CC2)o1. The zero-order valence-corrected chi connectivity index (χ0v) is 11.5. The lowest BCUT2D eigenvalue weighted by molar-refractivity contribution is 0.494. The summed E-state index contributed by atoms with van der Waals surface area (Å²) in [5.41, 5.74) is 2.11. The molecule has 0 saturated heterocycles. The van der Waals surface area contributed by atoms with Gasteiger partial charge in [0.05, 0.1) is 17.5 Å². The zero-order chi connectivity index (χ0) is 13.2. The Morgan fingerprint density at radius 1 is 1.47 bits per heavy atom. The average Bonchev–Trinajstić information content (AvgIpc) is 2.97. The molecule has 19 heavy (non-hydrogen) atoms. The van der Waals surface area contributed by atoms with Gasteiger partial charge in [-0.25, -0.2) is 4.98 Å². The van der Waals surface area contributed by atoms with Crippen LogP contribution in [0.3, 0.4) is 0 Å². The van der Waals surface area contributed by atoms with Gasteiger partial charge < -0.3 is 9.73 Å². The largest absolute Gasteiger partial charge is 0.441 e. The van der Waals surface area contributed by atoms with Crippen LogP contribution in [0.5, 0.6) is 0 Å². The summed E-state index contributed by atoms with van der Waals surface area (Å²) in [6.07, 6.45) is 8.17. The van der Waals surface area contributed by atoms with E-state index in [4.69, 9.17) is 4.42 Å². The maximum Gasteiger partial charge on any atom is 0.196 e. The van der Waals surface area contributed by atoms with E-state index in [1.165, 1.54) is 12.8 Å². The van der Waals surface area contributed by atoms with E-state index >= 15 is 0 Å². The van der Waals surface area contributed by atoms with Crippen LogP contribution in [0.4, 0.5) is 0 Å². The third kappa shape index (κ3) is 2.87. The van der Waals surface area contributed by atoms with Crippen LogP contribution in [-0.4, -0.2) is 27.4 Å². The molecular weight excluding hydrogens is 240 g/mol. The highest BCUT2D eigenvalue weighted by Crippen LogP contribution is 2.24. The first-order valence-electron chi connectivity index (χ1n) is 6.97. The van der Waals surface area contributed by atoms with Gasteiger partial charge in [-0.3, -0.25) is 4.68 Å². The van der Waals surface area contributed by atoms with Crippen molar-refractivity contribution in [2.45, 2.75) is 38.6 Å². The van der Waals surface area contributed by atoms with E-state index in [-0.39, 0.29) is 0 Å². The molecule has 2 aromatic heterocycles. The molecule has 0 bridgehead atoms. The number of hydrogen-bond donors (Lipinski definition) is 1. The van der Waals surface area contributed by atoms with Gasteiger partial charge in [0.1, 0.15) is 0 Å². The maximum absolute atomic E-state index is 5.82. The predicted octanol–water partition coefficient (Wildman–Crippen LogP) is 1.93. The Kier molecular flexibility index (Phi) is 3.38. The number of nitrogens with zero attached hydrogens (tertiary/aromatic N) is 3. The summed E-state index contributed by atoms with van der Waals surface area (Å²) < 4.78 is 7.65. The molecule has 1 N–H and O–H groups in total. The molecule has 0 spiro atoms. The van der Waals surface area contributed by atoms with Crippen molar-refractivity contribution in [3.63, 3.8) is 0 Å². The third-order valence-electron chi connectivity index (χ3n) is 3.41. The predicted molar refractivity (Wildman–Crippen MR) is 72.8 cm³/mol. The second kappa shape index (κ2) is 5.17. The molecule has 0 radical (unpaired) electrons. The fraction of sp³-hybridized carbons (Fsp3) is 0.571. The molecule has 1 aliphatic rings. The third-order valence-corrected chi connectivity index (χ3v) is 3.41. The van der Waals surface area contributed by atoms with E-state index in [2.05, 4.69) is 22.3 Å². The first kappa shape index (κ1) is 12.4. The number of hydrogen-bond acceptors (Lipinski definition) is 4. The lowest BCUT2D eigenvalue weighted by Crippen LogP contribution is -2.19. The quantitative estimate of drug-likeness (QED) is 0.862. The van der Waals surface area contributed by atoms with Crippen molar-refractivity contribution in [1.82, 2.24) is 20.1 Å². The van der Waals surface area contributed by atoms with Gasteiger partial charge in [-0.05, 0) is 19.3 Å². The van der Waals surface area contributed by atoms with Crippen LogP contribution >= 0.6 is 0 Å². The topological polar surface area (TPSA) is 55.9 Å². The van der Waals surface area contributed by atoms with Gasteiger partial charge in [0.25, 0.3) is 0 Å². The molecule has 5 nitrogen and oxygen atoms in total. The van der Waals surface area contributed by atoms with Crippen molar-refractivity contribution >= 4 is 0 Å². The van der Waals surface area contributed by atoms with E-state index in [1.54, 1.807) is 0 Å². The molecule has 1 aliphatic carbocycles. The van der Waals surface area contributed by atoms with Crippen LogP contribution in [0.1, 0.15) is 31.4 Å². The molecular formula is C14H20N4O. The molecule has 102 valence electrons. The molecule has 3 rings (SSSR count). The Balaban J connectivity index is 1.68. The highest BCUT2D eigenvalue weighted by Gasteiger charge is 2.20. The van der Waals surface area contributed by atoms with Gasteiger partial charge in [0.15, 0.2) is 11.7 Å². The van der Waals surface area contributed by atoms with Gasteiger partial charge in [-0.15, -0.1) is 0 Å². The summed E-state index contributed by atoms with van der Waals surface area (Å²) >= 11 is 0. The van der Waals surface area contributed by atoms with Crippen molar-refractivity contribution in [2.24, 2.45) is 7.05 Å². The van der Waals surface area contributed by atoms with Gasteiger partial charge in [0, 0.05) is 32.3 Å². The van der Waals surface area contributed by atoms with Crippen molar-refractivity contribution in [3.05, 3.63) is 24.0 Å². The Morgan fingerprint density at radius 2 is 2.32 bits per heavy atom. The highest BCUT2D eigenvalue weighted by atomic mass is 16.4. The minimum Gasteiger partial charge on any atom is -0.441 e. The Labute approximate surface area is 113 Å². The minimum absolute atomic E-state index is 0.736. The number of aryl methyl sites for hydroxylation is 2. The van der Waals surface area contributed by atoms with Gasteiger partial charge in [-0.2, -0.15) is 5.10 Å². The standard InChI is InChI=1S/C14H20N4O/c1-3-12-11(9-18(2)17-12)13-8-16-14(19-13)6-7-15-10-4-5-10/h8-10,15H,3-7H2,1-2H3. The summed E-state index contributed by atoms with van der Waals surface area (Å²) in [5.74, 6) is 1.63. The zero-order valence-electron chi connectivity index (χ0n) is 11.5. The van der Waals surface area contributed by atoms with Gasteiger partial charge in [-0.1, -0.05) is 6.92 Å². The number of oxazole rings is 1. The smallest absolute Gasteiger partial charge is 0.196 e. The van der Waals surface area contributed by atoms with Crippen LogP contribution in [0.2, 0.25) is 0 Å². The number of aromatic nitrogens is 3. The van der Waals surface area contributed by atoms with E-state index in [9.17, 15) is 0 Å². The van der Waals surface area contributed by atoms with Crippen LogP contribution in [-0.2, 0) is 19.9 Å². The molecule has 0 atom stereocenters. The van der Waals surface area contributed by atoms with Crippen LogP contribution < -0.4 is 5.32 Å². The van der Waals surface area contributed by atoms with Crippen LogP contribution in [0, 0.1) is 0 Å². The lowest BCUT2D eigenvalue weighted by Gasteiger charge is -1.98. The Bertz CT molecular complexity index is 554. The highest BCUT2D eigenvalue weighted by molar-refractivity contribution is 5.58. The molecule has 1 fully saturated rings. The fourth-order valence-corrected chi connectivity index (χ4v) is 2.22. The molecule has 0 amide bonds. The van der Waals surface area contributed by atoms with E-state index < -0.39 is 0 Å². The molecule has 2 heterocycles. The minimum atomic E-state index is 0.736. The van der Waals surface area contributed by atoms with E-state index in [0.717, 1.165) is 48.3 Å². The summed E-state index contributed by atoms with van der Waals surface area (Å²) in [4.78, 5) is 4.35. The van der Waals surface area contributed by atoms with E-state index in [1.807, 2.05) is 24.1 Å². The fourth-order valence-electron chi connectivity index (χ4n) is 2.22. The monoisotopic (exact) mass is 260 g/mol. The lowest BCUT2D eigenvalue weighted by atomic mass is 10.2. The molecule has 2 aromatic rings. The van der Waals surface area contributed by atoms with Crippen molar-refractivity contribution in [2.75, 3.05) is 6.54 Å². The van der Waals surface area contributed by atoms with Crippen LogP contribution in [0.25, 0.3) is 11.3 Å². The normalized spacial score (nSPS) is 15.1. The summed E-state index contributed by atoms with van der Waals surface area (Å²) in [5, 5.41) is 7.89. The van der Waals surface area contributed by atoms with E-state index in [0.29, 0.717) is 0 Å². The first-order chi connectivity index (χ1) is 9.26. The summed E-state index contributed by atoms with van der Waals surface area (Å²) in [7, 11) is 1.93. The summed E-state index contributed by atoms with van der Waals surface area (Å²) in [6, 6.07) is 0.736. The molecule has 1 saturated carbocycles. The molecule has 0 aromatic carbocycles. The van der Waals surface area contributed by atoms with Crippen molar-refractivity contribution < 1.29 is 4.42 Å². The number of rotatable bonds is 6. The Morgan fingerprint density at radius 3 is 3.05 bits per heavy atom. The molecule has 5 heteroatoms. The average molecular weight is 260 g/mol. The number of nitrogens with one attached hydrogen (secondary N) is 1. The van der Waals surface area contributed by atoms with Crippen molar-refractivity contribution in [3.8, 4) is 11.3 Å². The van der Waals surface area contributed by atoms with Gasteiger partial charge in [0.2, 0.25) is 0 Å². The maximum atomic E-state index is 5.82. The summed E-state index contributed by atoms with van der Waals surface area (Å²) in [6.45, 7) is 3.04. The first-order valence-corrected chi connectivity index (χ1v) is 6.97. The Hall–Kier alpha value is -1.62. The van der Waals surface area contributed by atoms with Crippen LogP contribution in [0.15, 0.2) is 16.8 Å². The molecule has 0 unspecified atom stereocenters. The second-order valence-corrected chi connectivity index (χ2v) is 5.11. The van der Waals surface area contributed by atoms with Crippen molar-refractivity contribution in [1.29, 1.82) is 0 Å².